The van der Waals surface area contributed by atoms with Crippen molar-refractivity contribution in [1.29, 1.82) is 0 Å². The van der Waals surface area contributed by atoms with Crippen molar-refractivity contribution >= 4 is 25.8 Å². The molecule has 1 aromatic rings. The summed E-state index contributed by atoms with van der Waals surface area (Å²) in [6.45, 7) is 0. The van der Waals surface area contributed by atoms with Crippen molar-refractivity contribution in [3.8, 4) is 0 Å². The van der Waals surface area contributed by atoms with E-state index in [9.17, 15) is 8.42 Å². The minimum atomic E-state index is -2.79. The van der Waals surface area contributed by atoms with Crippen molar-refractivity contribution in [2.75, 3.05) is 11.5 Å². The topological polar surface area (TPSA) is 34.1 Å². The van der Waals surface area contributed by atoms with Gasteiger partial charge in [0.2, 0.25) is 0 Å². The van der Waals surface area contributed by atoms with Gasteiger partial charge in [-0.3, -0.25) is 0 Å². The Hall–Kier alpha value is -0.350. The molecule has 0 N–H and O–H groups in total. The van der Waals surface area contributed by atoms with E-state index in [1.165, 1.54) is 24.0 Å². The number of rotatable bonds is 3. The summed E-state index contributed by atoms with van der Waals surface area (Å²) in [6.07, 6.45) is 3.38. The third-order valence-electron chi connectivity index (χ3n) is 3.96. The summed E-state index contributed by atoms with van der Waals surface area (Å²) in [4.78, 5) is 0.175. The molecule has 2 atom stereocenters. The molecule has 98 valence electrons. The van der Waals surface area contributed by atoms with Gasteiger partial charge in [-0.2, -0.15) is 0 Å². The number of halogens is 1. The average Bonchev–Trinajstić information content (AvgIpc) is 3.13. The Labute approximate surface area is 117 Å². The normalized spacial score (nSPS) is 28.2. The van der Waals surface area contributed by atoms with Crippen LogP contribution in [-0.4, -0.2) is 19.9 Å². The first kappa shape index (κ1) is 12.7. The molecular formula is C14H17BrO2S. The zero-order valence-corrected chi connectivity index (χ0v) is 12.6. The number of alkyl halides is 1. The van der Waals surface area contributed by atoms with E-state index in [1.54, 1.807) is 0 Å². The molecule has 2 fully saturated rings. The lowest BCUT2D eigenvalue weighted by atomic mass is 9.96. The van der Waals surface area contributed by atoms with Crippen molar-refractivity contribution in [2.45, 2.75) is 30.0 Å². The van der Waals surface area contributed by atoms with Gasteiger partial charge in [-0.1, -0.05) is 40.2 Å². The number of sulfone groups is 1. The summed E-state index contributed by atoms with van der Waals surface area (Å²) >= 11 is 3.70. The van der Waals surface area contributed by atoms with Crippen LogP contribution in [0.5, 0.6) is 0 Å². The van der Waals surface area contributed by atoms with E-state index in [-0.39, 0.29) is 10.7 Å². The zero-order chi connectivity index (χ0) is 12.8. The molecule has 1 aliphatic heterocycles. The van der Waals surface area contributed by atoms with Gasteiger partial charge in [-0.25, -0.2) is 8.42 Å². The third kappa shape index (κ3) is 2.64. The standard InChI is InChI=1S/C14H17BrO2S/c15-14(13-6-7-18(16,17)9-13)12-3-1-2-11(8-12)10-4-5-10/h1-3,8,10,13-14H,4-7,9H2. The molecule has 3 rings (SSSR count). The van der Waals surface area contributed by atoms with Crippen LogP contribution >= 0.6 is 15.9 Å². The van der Waals surface area contributed by atoms with E-state index >= 15 is 0 Å². The largest absolute Gasteiger partial charge is 0.229 e. The molecule has 2 unspecified atom stereocenters. The second kappa shape index (κ2) is 4.64. The van der Waals surface area contributed by atoms with Crippen LogP contribution in [0.25, 0.3) is 0 Å². The molecule has 1 aliphatic carbocycles. The number of benzene rings is 1. The lowest BCUT2D eigenvalue weighted by molar-refractivity contribution is 0.579. The second-order valence-electron chi connectivity index (χ2n) is 5.51. The minimum absolute atomic E-state index is 0.175. The van der Waals surface area contributed by atoms with Crippen LogP contribution in [0, 0.1) is 5.92 Å². The van der Waals surface area contributed by atoms with Gasteiger partial charge in [0.25, 0.3) is 0 Å². The van der Waals surface area contributed by atoms with E-state index in [4.69, 9.17) is 0 Å². The van der Waals surface area contributed by atoms with Crippen LogP contribution < -0.4 is 0 Å². The van der Waals surface area contributed by atoms with Crippen LogP contribution in [0.15, 0.2) is 24.3 Å². The molecule has 1 saturated carbocycles. The highest BCUT2D eigenvalue weighted by molar-refractivity contribution is 9.09. The predicted molar refractivity (Wildman–Crippen MR) is 76.8 cm³/mol. The molecule has 0 spiro atoms. The van der Waals surface area contributed by atoms with E-state index in [2.05, 4.69) is 40.2 Å². The lowest BCUT2D eigenvalue weighted by Gasteiger charge is -2.17. The van der Waals surface area contributed by atoms with Crippen molar-refractivity contribution in [2.24, 2.45) is 5.92 Å². The summed E-state index contributed by atoms with van der Waals surface area (Å²) < 4.78 is 23.1. The summed E-state index contributed by atoms with van der Waals surface area (Å²) in [5, 5.41) is 0. The van der Waals surface area contributed by atoms with Gasteiger partial charge in [0.15, 0.2) is 9.84 Å². The Morgan fingerprint density at radius 3 is 2.61 bits per heavy atom. The molecule has 4 heteroatoms. The average molecular weight is 329 g/mol. The van der Waals surface area contributed by atoms with Crippen LogP contribution in [0.4, 0.5) is 0 Å². The number of hydrogen-bond acceptors (Lipinski definition) is 2. The van der Waals surface area contributed by atoms with Crippen molar-refractivity contribution in [3.05, 3.63) is 35.4 Å². The SMILES string of the molecule is O=S1(=O)CCC(C(Br)c2cccc(C3CC3)c2)C1. The highest BCUT2D eigenvalue weighted by atomic mass is 79.9. The van der Waals surface area contributed by atoms with E-state index < -0.39 is 9.84 Å². The highest BCUT2D eigenvalue weighted by Crippen LogP contribution is 2.43. The van der Waals surface area contributed by atoms with Gasteiger partial charge in [-0.15, -0.1) is 0 Å². The van der Waals surface area contributed by atoms with Gasteiger partial charge in [0.1, 0.15) is 0 Å². The quantitative estimate of drug-likeness (QED) is 0.796. The fraction of sp³-hybridized carbons (Fsp3) is 0.571. The first-order valence-corrected chi connectivity index (χ1v) is 9.23. The molecule has 0 aromatic heterocycles. The third-order valence-corrected chi connectivity index (χ3v) is 7.03. The maximum absolute atomic E-state index is 11.5. The van der Waals surface area contributed by atoms with Crippen LogP contribution in [0.2, 0.25) is 0 Å². The lowest BCUT2D eigenvalue weighted by Crippen LogP contribution is -2.10. The molecule has 18 heavy (non-hydrogen) atoms. The zero-order valence-electron chi connectivity index (χ0n) is 10.2. The Morgan fingerprint density at radius 1 is 1.22 bits per heavy atom. The monoisotopic (exact) mass is 328 g/mol. The van der Waals surface area contributed by atoms with E-state index in [0.29, 0.717) is 11.5 Å². The Balaban J connectivity index is 1.79. The summed E-state index contributed by atoms with van der Waals surface area (Å²) in [6, 6.07) is 8.64. The molecule has 2 aliphatic rings. The van der Waals surface area contributed by atoms with Gasteiger partial charge >= 0.3 is 0 Å². The fourth-order valence-electron chi connectivity index (χ4n) is 2.73. The van der Waals surface area contributed by atoms with E-state index in [0.717, 1.165) is 12.3 Å². The van der Waals surface area contributed by atoms with Gasteiger partial charge in [0.05, 0.1) is 11.5 Å². The molecule has 1 aromatic carbocycles. The number of hydrogen-bond donors (Lipinski definition) is 0. The van der Waals surface area contributed by atoms with Gasteiger partial charge in [0, 0.05) is 4.83 Å². The van der Waals surface area contributed by atoms with Crippen molar-refractivity contribution in [1.82, 2.24) is 0 Å². The molecule has 0 amide bonds. The minimum Gasteiger partial charge on any atom is -0.229 e. The summed E-state index contributed by atoms with van der Waals surface area (Å²) in [5.41, 5.74) is 2.65. The maximum Gasteiger partial charge on any atom is 0.150 e. The molecule has 1 saturated heterocycles. The Kier molecular flexibility index (Phi) is 3.27. The van der Waals surface area contributed by atoms with Gasteiger partial charge in [-0.05, 0) is 42.2 Å². The van der Waals surface area contributed by atoms with Gasteiger partial charge < -0.3 is 0 Å². The second-order valence-corrected chi connectivity index (χ2v) is 8.72. The van der Waals surface area contributed by atoms with Crippen molar-refractivity contribution in [3.63, 3.8) is 0 Å². The molecule has 0 radical (unpaired) electrons. The predicted octanol–water partition coefficient (Wildman–Crippen LogP) is 3.43. The summed E-state index contributed by atoms with van der Waals surface area (Å²) in [5.74, 6) is 1.65. The first-order chi connectivity index (χ1) is 8.55. The molecular weight excluding hydrogens is 312 g/mol. The van der Waals surface area contributed by atoms with Crippen LogP contribution in [0.1, 0.15) is 41.1 Å². The smallest absolute Gasteiger partial charge is 0.150 e. The van der Waals surface area contributed by atoms with E-state index in [1.807, 2.05) is 0 Å². The first-order valence-electron chi connectivity index (χ1n) is 6.49. The Morgan fingerprint density at radius 2 is 2.00 bits per heavy atom. The molecule has 0 bridgehead atoms. The van der Waals surface area contributed by atoms with Crippen LogP contribution in [-0.2, 0) is 9.84 Å². The highest BCUT2D eigenvalue weighted by Gasteiger charge is 2.33. The summed E-state index contributed by atoms with van der Waals surface area (Å²) in [7, 11) is -2.79. The van der Waals surface area contributed by atoms with Crippen LogP contribution in [0.3, 0.4) is 0 Å². The Bertz CT molecular complexity index is 549. The maximum atomic E-state index is 11.5. The van der Waals surface area contributed by atoms with Crippen molar-refractivity contribution < 1.29 is 8.42 Å². The molecule has 1 heterocycles. The fourth-order valence-corrected chi connectivity index (χ4v) is 5.55. The molecule has 2 nitrogen and oxygen atoms in total.